The molecule has 3 rings (SSSR count). The fourth-order valence-corrected chi connectivity index (χ4v) is 2.99. The van der Waals surface area contributed by atoms with Gasteiger partial charge in [-0.1, -0.05) is 18.2 Å². The highest BCUT2D eigenvalue weighted by Gasteiger charge is 2.39. The predicted octanol–water partition coefficient (Wildman–Crippen LogP) is 3.67. The first-order valence-electron chi connectivity index (χ1n) is 6.11. The predicted molar refractivity (Wildman–Crippen MR) is 64.6 cm³/mol. The lowest BCUT2D eigenvalue weighted by molar-refractivity contribution is -0.143. The van der Waals surface area contributed by atoms with E-state index in [0.29, 0.717) is 23.9 Å². The van der Waals surface area contributed by atoms with E-state index in [4.69, 9.17) is 5.26 Å². The minimum atomic E-state index is -4.42. The highest BCUT2D eigenvalue weighted by atomic mass is 19.4. The second-order valence-corrected chi connectivity index (χ2v) is 4.73. The minimum absolute atomic E-state index is 0.119. The molecule has 0 fully saturated rings. The second kappa shape index (κ2) is 4.02. The molecule has 2 nitrogen and oxygen atoms in total. The molecule has 0 bridgehead atoms. The number of rotatable bonds is 1. The molecule has 5 heteroatoms. The molecule has 98 valence electrons. The normalized spacial score (nSPS) is 14.6. The largest absolute Gasteiger partial charge is 0.431 e. The molecule has 0 spiro atoms. The van der Waals surface area contributed by atoms with Crippen LogP contribution >= 0.6 is 0 Å². The first-order chi connectivity index (χ1) is 9.04. The standard InChI is InChI=1S/C14H11F3N2/c15-14(16,17)13-11(6-7-18)10-5-1-3-9-4-2-8-19(13)12(9)10/h1,3,5H,2,4,6,8H2. The van der Waals surface area contributed by atoms with Crippen molar-refractivity contribution in [1.29, 1.82) is 5.26 Å². The lowest BCUT2D eigenvalue weighted by Crippen LogP contribution is -2.18. The number of halogens is 3. The summed E-state index contributed by atoms with van der Waals surface area (Å²) in [6.07, 6.45) is -3.12. The lowest BCUT2D eigenvalue weighted by atomic mass is 10.0. The number of nitrogens with zero attached hydrogens (tertiary/aromatic N) is 2. The molecule has 0 radical (unpaired) electrons. The number of benzene rings is 1. The molecule has 0 amide bonds. The number of hydrogen-bond donors (Lipinski definition) is 0. The van der Waals surface area contributed by atoms with Crippen molar-refractivity contribution in [3.8, 4) is 6.07 Å². The molecule has 1 aliphatic heterocycles. The van der Waals surface area contributed by atoms with Crippen LogP contribution in [0.4, 0.5) is 13.2 Å². The summed E-state index contributed by atoms with van der Waals surface area (Å²) in [5.74, 6) is 0. The number of para-hydroxylation sites is 1. The Labute approximate surface area is 108 Å². The Hall–Kier alpha value is -1.96. The molecule has 0 aliphatic carbocycles. The zero-order valence-corrected chi connectivity index (χ0v) is 10.1. The molecule has 0 atom stereocenters. The van der Waals surface area contributed by atoms with E-state index >= 15 is 0 Å². The minimum Gasteiger partial charge on any atom is -0.336 e. The molecule has 0 unspecified atom stereocenters. The van der Waals surface area contributed by atoms with Gasteiger partial charge in [-0.25, -0.2) is 0 Å². The van der Waals surface area contributed by atoms with Crippen LogP contribution in [0.3, 0.4) is 0 Å². The van der Waals surface area contributed by atoms with E-state index in [2.05, 4.69) is 0 Å². The maximum absolute atomic E-state index is 13.3. The maximum Gasteiger partial charge on any atom is 0.431 e. The van der Waals surface area contributed by atoms with Crippen molar-refractivity contribution < 1.29 is 13.2 Å². The van der Waals surface area contributed by atoms with Crippen LogP contribution < -0.4 is 0 Å². The van der Waals surface area contributed by atoms with Crippen LogP contribution in [0.5, 0.6) is 0 Å². The van der Waals surface area contributed by atoms with Gasteiger partial charge < -0.3 is 4.57 Å². The lowest BCUT2D eigenvalue weighted by Gasteiger charge is -2.19. The number of aryl methyl sites for hydroxylation is 2. The van der Waals surface area contributed by atoms with Crippen molar-refractivity contribution >= 4 is 10.9 Å². The smallest absolute Gasteiger partial charge is 0.336 e. The van der Waals surface area contributed by atoms with Crippen LogP contribution in [-0.4, -0.2) is 4.57 Å². The average Bonchev–Trinajstić information content (AvgIpc) is 2.67. The van der Waals surface area contributed by atoms with Crippen molar-refractivity contribution in [2.24, 2.45) is 0 Å². The molecule has 0 saturated carbocycles. The Bertz CT molecular complexity index is 689. The van der Waals surface area contributed by atoms with Gasteiger partial charge in [-0.2, -0.15) is 18.4 Å². The fourth-order valence-electron chi connectivity index (χ4n) is 2.99. The van der Waals surface area contributed by atoms with E-state index in [0.717, 1.165) is 12.0 Å². The molecule has 1 aromatic heterocycles. The molecular formula is C14H11F3N2. The Balaban J connectivity index is 2.44. The van der Waals surface area contributed by atoms with Crippen LogP contribution in [0.2, 0.25) is 0 Å². The molecular weight excluding hydrogens is 253 g/mol. The van der Waals surface area contributed by atoms with Gasteiger partial charge in [0.15, 0.2) is 0 Å². The fraction of sp³-hybridized carbons (Fsp3) is 0.357. The molecule has 1 aliphatic rings. The Kier molecular flexibility index (Phi) is 2.56. The van der Waals surface area contributed by atoms with Crippen LogP contribution in [0.25, 0.3) is 10.9 Å². The van der Waals surface area contributed by atoms with Gasteiger partial charge in [-0.3, -0.25) is 0 Å². The summed E-state index contributed by atoms with van der Waals surface area (Å²) in [7, 11) is 0. The van der Waals surface area contributed by atoms with Gasteiger partial charge in [0.05, 0.1) is 18.0 Å². The van der Waals surface area contributed by atoms with E-state index < -0.39 is 11.9 Å². The summed E-state index contributed by atoms with van der Waals surface area (Å²) in [6, 6.07) is 7.18. The van der Waals surface area contributed by atoms with Crippen LogP contribution in [0, 0.1) is 11.3 Å². The molecule has 0 saturated heterocycles. The zero-order chi connectivity index (χ0) is 13.6. The number of aromatic nitrogens is 1. The van der Waals surface area contributed by atoms with E-state index in [1.165, 1.54) is 4.57 Å². The summed E-state index contributed by atoms with van der Waals surface area (Å²) in [5.41, 5.74) is 1.08. The number of nitriles is 1. The Morgan fingerprint density at radius 2 is 2.11 bits per heavy atom. The van der Waals surface area contributed by atoms with Crippen molar-refractivity contribution in [1.82, 2.24) is 4.57 Å². The van der Waals surface area contributed by atoms with Gasteiger partial charge in [0, 0.05) is 17.5 Å². The summed E-state index contributed by atoms with van der Waals surface area (Å²) in [6.45, 7) is 0.369. The third kappa shape index (κ3) is 1.71. The summed E-state index contributed by atoms with van der Waals surface area (Å²) >= 11 is 0. The van der Waals surface area contributed by atoms with E-state index in [1.807, 2.05) is 12.1 Å². The molecule has 1 aromatic carbocycles. The van der Waals surface area contributed by atoms with Crippen molar-refractivity contribution in [3.63, 3.8) is 0 Å². The third-order valence-corrected chi connectivity index (χ3v) is 3.62. The molecule has 19 heavy (non-hydrogen) atoms. The van der Waals surface area contributed by atoms with Gasteiger partial charge in [0.25, 0.3) is 0 Å². The van der Waals surface area contributed by atoms with Gasteiger partial charge in [0.1, 0.15) is 5.69 Å². The Morgan fingerprint density at radius 3 is 2.79 bits per heavy atom. The first-order valence-corrected chi connectivity index (χ1v) is 6.11. The molecule has 2 aromatic rings. The quantitative estimate of drug-likeness (QED) is 0.772. The van der Waals surface area contributed by atoms with Crippen LogP contribution in [0.15, 0.2) is 18.2 Å². The van der Waals surface area contributed by atoms with Gasteiger partial charge in [0.2, 0.25) is 0 Å². The van der Waals surface area contributed by atoms with Crippen molar-refractivity contribution in [2.75, 3.05) is 0 Å². The second-order valence-electron chi connectivity index (χ2n) is 4.73. The zero-order valence-electron chi connectivity index (χ0n) is 10.1. The van der Waals surface area contributed by atoms with E-state index in [1.54, 1.807) is 12.1 Å². The van der Waals surface area contributed by atoms with Crippen molar-refractivity contribution in [2.45, 2.75) is 32.0 Å². The van der Waals surface area contributed by atoms with E-state index in [-0.39, 0.29) is 12.0 Å². The SMILES string of the molecule is N#CCc1c(C(F)(F)F)n2c3c(cccc13)CCC2. The first kappa shape index (κ1) is 12.1. The molecule has 0 N–H and O–H groups in total. The van der Waals surface area contributed by atoms with Crippen LogP contribution in [-0.2, 0) is 25.6 Å². The highest BCUT2D eigenvalue weighted by Crippen LogP contribution is 2.41. The molecule has 2 heterocycles. The van der Waals surface area contributed by atoms with E-state index in [9.17, 15) is 13.2 Å². The van der Waals surface area contributed by atoms with Crippen LogP contribution in [0.1, 0.15) is 23.2 Å². The number of hydrogen-bond acceptors (Lipinski definition) is 1. The van der Waals surface area contributed by atoms with Gasteiger partial charge in [-0.15, -0.1) is 0 Å². The highest BCUT2D eigenvalue weighted by molar-refractivity contribution is 5.89. The summed E-state index contributed by atoms with van der Waals surface area (Å²) < 4.78 is 41.2. The third-order valence-electron chi connectivity index (χ3n) is 3.62. The van der Waals surface area contributed by atoms with Gasteiger partial charge in [-0.05, 0) is 18.4 Å². The maximum atomic E-state index is 13.3. The monoisotopic (exact) mass is 264 g/mol. The van der Waals surface area contributed by atoms with Gasteiger partial charge >= 0.3 is 6.18 Å². The number of alkyl halides is 3. The Morgan fingerprint density at radius 1 is 1.32 bits per heavy atom. The average molecular weight is 264 g/mol. The van der Waals surface area contributed by atoms with Crippen molar-refractivity contribution in [3.05, 3.63) is 35.0 Å². The topological polar surface area (TPSA) is 28.7 Å². The summed E-state index contributed by atoms with van der Waals surface area (Å²) in [4.78, 5) is 0. The summed E-state index contributed by atoms with van der Waals surface area (Å²) in [5, 5.41) is 9.38.